The Balaban J connectivity index is 1.35. The van der Waals surface area contributed by atoms with Gasteiger partial charge in [-0.2, -0.15) is 0 Å². The van der Waals surface area contributed by atoms with Crippen LogP contribution in [0, 0.1) is 11.7 Å². The van der Waals surface area contributed by atoms with Crippen LogP contribution in [-0.2, 0) is 6.54 Å². The Hall–Kier alpha value is -1.92. The minimum atomic E-state index is -0.0958. The third-order valence-corrected chi connectivity index (χ3v) is 6.16. The van der Waals surface area contributed by atoms with Crippen molar-refractivity contribution in [2.45, 2.75) is 38.3 Å². The van der Waals surface area contributed by atoms with Crippen LogP contribution in [0.4, 0.5) is 4.39 Å². The van der Waals surface area contributed by atoms with Crippen LogP contribution in [0.15, 0.2) is 41.9 Å². The molecule has 1 aromatic rings. The number of nitrogens with one attached hydrogen (secondary N) is 2. The van der Waals surface area contributed by atoms with Crippen LogP contribution in [0.1, 0.15) is 31.2 Å². The molecule has 0 amide bonds. The Bertz CT molecular complexity index is 661. The Morgan fingerprint density at radius 2 is 1.83 bits per heavy atom. The highest BCUT2D eigenvalue weighted by molar-refractivity contribution is 5.79. The summed E-state index contributed by atoms with van der Waals surface area (Å²) in [5, 5.41) is 7.12. The summed E-state index contributed by atoms with van der Waals surface area (Å²) in [7, 11) is 1.85. The molecule has 5 nitrogen and oxygen atoms in total. The van der Waals surface area contributed by atoms with Gasteiger partial charge in [0.25, 0.3) is 0 Å². The molecule has 2 aliphatic heterocycles. The molecular weight excluding hydrogens is 365 g/mol. The highest BCUT2D eigenvalue weighted by Gasteiger charge is 2.22. The lowest BCUT2D eigenvalue weighted by molar-refractivity contribution is 0.176. The highest BCUT2D eigenvalue weighted by atomic mass is 19.1. The molecule has 2 heterocycles. The van der Waals surface area contributed by atoms with Gasteiger partial charge in [-0.05, 0) is 50.8 Å². The summed E-state index contributed by atoms with van der Waals surface area (Å²) in [4.78, 5) is 9.22. The predicted octanol–water partition coefficient (Wildman–Crippen LogP) is 2.85. The standard InChI is InChI=1S/C23H36FN5/c1-3-12-28-15-10-21(11-16-28)27-23(25-2)26-17-19-8-13-29(14-9-19)18-20-6-4-5-7-22(20)24/h3-7,19,21H,1,8-18H2,2H3,(H2,25,26,27). The van der Waals surface area contributed by atoms with Crippen molar-refractivity contribution in [3.05, 3.63) is 48.3 Å². The van der Waals surface area contributed by atoms with E-state index in [1.807, 2.05) is 25.3 Å². The maximum atomic E-state index is 13.9. The molecule has 2 saturated heterocycles. The molecule has 0 bridgehead atoms. The molecule has 6 heteroatoms. The topological polar surface area (TPSA) is 42.9 Å². The SMILES string of the molecule is C=CCN1CCC(NC(=NC)NCC2CCN(Cc3ccccc3F)CC2)CC1. The fourth-order valence-electron chi connectivity index (χ4n) is 4.29. The summed E-state index contributed by atoms with van der Waals surface area (Å²) in [5.41, 5.74) is 0.799. The van der Waals surface area contributed by atoms with Crippen molar-refractivity contribution in [3.8, 4) is 0 Å². The molecule has 0 aromatic heterocycles. The van der Waals surface area contributed by atoms with Crippen molar-refractivity contribution in [3.63, 3.8) is 0 Å². The summed E-state index contributed by atoms with van der Waals surface area (Å²) >= 11 is 0. The summed E-state index contributed by atoms with van der Waals surface area (Å²) in [6.45, 7) is 10.7. The van der Waals surface area contributed by atoms with E-state index in [1.165, 1.54) is 0 Å². The highest BCUT2D eigenvalue weighted by Crippen LogP contribution is 2.19. The van der Waals surface area contributed by atoms with Crippen LogP contribution in [0.5, 0.6) is 0 Å². The van der Waals surface area contributed by atoms with Gasteiger partial charge in [-0.3, -0.25) is 14.8 Å². The van der Waals surface area contributed by atoms with Gasteiger partial charge in [-0.1, -0.05) is 24.3 Å². The smallest absolute Gasteiger partial charge is 0.191 e. The van der Waals surface area contributed by atoms with Crippen molar-refractivity contribution in [2.75, 3.05) is 46.3 Å². The van der Waals surface area contributed by atoms with Crippen LogP contribution in [0.2, 0.25) is 0 Å². The van der Waals surface area contributed by atoms with Gasteiger partial charge in [-0.15, -0.1) is 6.58 Å². The minimum Gasteiger partial charge on any atom is -0.356 e. The number of likely N-dealkylation sites (tertiary alicyclic amines) is 2. The molecule has 2 fully saturated rings. The average Bonchev–Trinajstić information content (AvgIpc) is 2.75. The Morgan fingerprint density at radius 3 is 2.48 bits per heavy atom. The molecule has 0 aliphatic carbocycles. The van der Waals surface area contributed by atoms with Gasteiger partial charge >= 0.3 is 0 Å². The molecule has 0 radical (unpaired) electrons. The molecule has 0 atom stereocenters. The molecule has 3 rings (SSSR count). The van der Waals surface area contributed by atoms with E-state index in [4.69, 9.17) is 0 Å². The number of aliphatic imine (C=N–C) groups is 1. The first-order valence-corrected chi connectivity index (χ1v) is 10.9. The Labute approximate surface area is 175 Å². The number of piperidine rings is 2. The predicted molar refractivity (Wildman–Crippen MR) is 119 cm³/mol. The fourth-order valence-corrected chi connectivity index (χ4v) is 4.29. The molecule has 0 saturated carbocycles. The summed E-state index contributed by atoms with van der Waals surface area (Å²) in [6.07, 6.45) is 6.54. The van der Waals surface area contributed by atoms with Crippen LogP contribution in [-0.4, -0.2) is 68.1 Å². The number of halogens is 1. The first-order valence-electron chi connectivity index (χ1n) is 10.9. The third kappa shape index (κ3) is 6.82. The lowest BCUT2D eigenvalue weighted by Crippen LogP contribution is -2.49. The zero-order chi connectivity index (χ0) is 20.5. The van der Waals surface area contributed by atoms with E-state index in [0.717, 1.165) is 76.5 Å². The van der Waals surface area contributed by atoms with Crippen LogP contribution >= 0.6 is 0 Å². The number of hydrogen-bond donors (Lipinski definition) is 2. The van der Waals surface area contributed by atoms with Crippen molar-refractivity contribution in [1.82, 2.24) is 20.4 Å². The van der Waals surface area contributed by atoms with E-state index >= 15 is 0 Å². The first kappa shape index (κ1) is 21.8. The van der Waals surface area contributed by atoms with Gasteiger partial charge < -0.3 is 10.6 Å². The van der Waals surface area contributed by atoms with Crippen molar-refractivity contribution in [2.24, 2.45) is 10.9 Å². The normalized spacial score (nSPS) is 20.6. The Kier molecular flexibility index (Phi) is 8.50. The van der Waals surface area contributed by atoms with Gasteiger partial charge in [0.1, 0.15) is 5.82 Å². The second-order valence-electron chi connectivity index (χ2n) is 8.27. The molecule has 2 N–H and O–H groups in total. The van der Waals surface area contributed by atoms with Crippen LogP contribution < -0.4 is 10.6 Å². The summed E-state index contributed by atoms with van der Waals surface area (Å²) in [6, 6.07) is 7.60. The zero-order valence-corrected chi connectivity index (χ0v) is 17.7. The number of benzene rings is 1. The molecule has 160 valence electrons. The fraction of sp³-hybridized carbons (Fsp3) is 0.609. The average molecular weight is 402 g/mol. The van der Waals surface area contributed by atoms with E-state index in [1.54, 1.807) is 12.1 Å². The van der Waals surface area contributed by atoms with Gasteiger partial charge in [0.15, 0.2) is 5.96 Å². The van der Waals surface area contributed by atoms with Gasteiger partial charge in [0.05, 0.1) is 0 Å². The summed E-state index contributed by atoms with van der Waals surface area (Å²) in [5.74, 6) is 1.46. The number of hydrogen-bond acceptors (Lipinski definition) is 3. The molecule has 1 aromatic carbocycles. The van der Waals surface area contributed by atoms with Crippen LogP contribution in [0.25, 0.3) is 0 Å². The van der Waals surface area contributed by atoms with E-state index < -0.39 is 0 Å². The maximum absolute atomic E-state index is 13.9. The summed E-state index contributed by atoms with van der Waals surface area (Å²) < 4.78 is 13.9. The second kappa shape index (κ2) is 11.3. The van der Waals surface area contributed by atoms with Gasteiger partial charge in [-0.25, -0.2) is 4.39 Å². The quantitative estimate of drug-likeness (QED) is 0.419. The van der Waals surface area contributed by atoms with Crippen molar-refractivity contribution < 1.29 is 4.39 Å². The Morgan fingerprint density at radius 1 is 1.14 bits per heavy atom. The zero-order valence-electron chi connectivity index (χ0n) is 17.7. The molecular formula is C23H36FN5. The number of rotatable bonds is 7. The molecule has 0 unspecified atom stereocenters. The van der Waals surface area contributed by atoms with E-state index in [2.05, 4.69) is 32.0 Å². The molecule has 29 heavy (non-hydrogen) atoms. The molecule has 2 aliphatic rings. The van der Waals surface area contributed by atoms with Crippen LogP contribution in [0.3, 0.4) is 0 Å². The van der Waals surface area contributed by atoms with E-state index in [9.17, 15) is 4.39 Å². The maximum Gasteiger partial charge on any atom is 0.191 e. The third-order valence-electron chi connectivity index (χ3n) is 6.16. The lowest BCUT2D eigenvalue weighted by atomic mass is 9.96. The monoisotopic (exact) mass is 401 g/mol. The minimum absolute atomic E-state index is 0.0958. The molecule has 0 spiro atoms. The first-order chi connectivity index (χ1) is 14.2. The van der Waals surface area contributed by atoms with Gasteiger partial charge in [0.2, 0.25) is 0 Å². The largest absolute Gasteiger partial charge is 0.356 e. The van der Waals surface area contributed by atoms with E-state index in [0.29, 0.717) is 18.5 Å². The second-order valence-corrected chi connectivity index (χ2v) is 8.27. The van der Waals surface area contributed by atoms with Gasteiger partial charge in [0, 0.05) is 51.4 Å². The number of nitrogens with zero attached hydrogens (tertiary/aromatic N) is 3. The van der Waals surface area contributed by atoms with E-state index in [-0.39, 0.29) is 5.82 Å². The number of guanidine groups is 1. The van der Waals surface area contributed by atoms with Crippen molar-refractivity contribution >= 4 is 5.96 Å². The van der Waals surface area contributed by atoms with Crippen molar-refractivity contribution in [1.29, 1.82) is 0 Å². The lowest BCUT2D eigenvalue weighted by Gasteiger charge is -2.34.